The van der Waals surface area contributed by atoms with Gasteiger partial charge in [-0.25, -0.2) is 0 Å². The lowest BCUT2D eigenvalue weighted by Gasteiger charge is -2.14. The van der Waals surface area contributed by atoms with Crippen molar-refractivity contribution in [1.29, 1.82) is 0 Å². The highest BCUT2D eigenvalue weighted by molar-refractivity contribution is 5.99. The van der Waals surface area contributed by atoms with Crippen LogP contribution in [0.15, 0.2) is 60.7 Å². The molecule has 0 saturated heterocycles. The highest BCUT2D eigenvalue weighted by atomic mass is 16.5. The number of carbonyl (C=O) groups is 1. The number of hydrogen-bond donors (Lipinski definition) is 2. The number of phenolic OH excluding ortho intramolecular Hbond substituents is 1. The molecule has 0 radical (unpaired) electrons. The van der Waals surface area contributed by atoms with Crippen LogP contribution in [0.3, 0.4) is 0 Å². The molecule has 0 spiro atoms. The van der Waals surface area contributed by atoms with E-state index in [1.54, 1.807) is 19.2 Å². The molecule has 31 heavy (non-hydrogen) atoms. The van der Waals surface area contributed by atoms with Gasteiger partial charge in [-0.2, -0.15) is 0 Å². The maximum absolute atomic E-state index is 12.7. The first kappa shape index (κ1) is 21.8. The molecule has 0 unspecified atom stereocenters. The van der Waals surface area contributed by atoms with Crippen molar-refractivity contribution < 1.29 is 28.8 Å². The van der Waals surface area contributed by atoms with Crippen LogP contribution in [0.25, 0.3) is 0 Å². The maximum atomic E-state index is 12.7. The van der Waals surface area contributed by atoms with E-state index in [9.17, 15) is 9.90 Å². The molecule has 162 valence electrons. The quantitative estimate of drug-likeness (QED) is 0.542. The predicted octanol–water partition coefficient (Wildman–Crippen LogP) is 3.93. The van der Waals surface area contributed by atoms with Gasteiger partial charge in [0, 0.05) is 18.7 Å². The fourth-order valence-corrected chi connectivity index (χ4v) is 3.03. The summed E-state index contributed by atoms with van der Waals surface area (Å²) in [6, 6.07) is 18.2. The zero-order valence-electron chi connectivity index (χ0n) is 17.7. The zero-order valence-corrected chi connectivity index (χ0v) is 17.7. The van der Waals surface area contributed by atoms with Gasteiger partial charge >= 0.3 is 0 Å². The molecule has 3 rings (SSSR count). The molecule has 0 saturated carbocycles. The first-order chi connectivity index (χ1) is 15.0. The number of phenols is 1. The summed E-state index contributed by atoms with van der Waals surface area (Å²) in [5.74, 6) is 1.08. The minimum absolute atomic E-state index is 0.0399. The van der Waals surface area contributed by atoms with Crippen molar-refractivity contribution >= 4 is 5.91 Å². The Morgan fingerprint density at radius 2 is 1.58 bits per heavy atom. The third-order valence-corrected chi connectivity index (χ3v) is 4.66. The highest BCUT2D eigenvalue weighted by Crippen LogP contribution is 2.33. The van der Waals surface area contributed by atoms with Gasteiger partial charge in [0.25, 0.3) is 5.91 Å². The van der Waals surface area contributed by atoms with Crippen LogP contribution in [0.5, 0.6) is 28.7 Å². The molecule has 7 heteroatoms. The van der Waals surface area contributed by atoms with Crippen molar-refractivity contribution in [2.45, 2.75) is 13.2 Å². The summed E-state index contributed by atoms with van der Waals surface area (Å²) in [6.07, 6.45) is 0. The fourth-order valence-electron chi connectivity index (χ4n) is 3.03. The Bertz CT molecular complexity index is 1040. The van der Waals surface area contributed by atoms with E-state index in [1.807, 2.05) is 36.4 Å². The Labute approximate surface area is 181 Å². The van der Waals surface area contributed by atoms with Gasteiger partial charge in [-0.05, 0) is 23.3 Å². The summed E-state index contributed by atoms with van der Waals surface area (Å²) in [5.41, 5.74) is 1.90. The number of benzene rings is 3. The number of aromatic hydroxyl groups is 1. The van der Waals surface area contributed by atoms with Gasteiger partial charge in [-0.1, -0.05) is 36.4 Å². The van der Waals surface area contributed by atoms with Gasteiger partial charge < -0.3 is 29.4 Å². The third kappa shape index (κ3) is 5.39. The summed E-state index contributed by atoms with van der Waals surface area (Å²) in [6.45, 7) is 0.645. The summed E-state index contributed by atoms with van der Waals surface area (Å²) in [7, 11) is 4.45. The van der Waals surface area contributed by atoms with Crippen LogP contribution in [0, 0.1) is 0 Å². The molecule has 0 bridgehead atoms. The van der Waals surface area contributed by atoms with Crippen molar-refractivity contribution in [2.75, 3.05) is 21.3 Å². The molecular weight excluding hydrogens is 398 g/mol. The average molecular weight is 423 g/mol. The SMILES string of the molecule is COc1cc(O)c(C(=O)NCc2ccc(OCc3ccccc3)c(OC)c2)c(OC)c1. The van der Waals surface area contributed by atoms with E-state index in [-0.39, 0.29) is 23.6 Å². The Morgan fingerprint density at radius 1 is 0.839 bits per heavy atom. The van der Waals surface area contributed by atoms with Gasteiger partial charge in [-0.15, -0.1) is 0 Å². The molecule has 3 aromatic carbocycles. The summed E-state index contributed by atoms with van der Waals surface area (Å²) >= 11 is 0. The van der Waals surface area contributed by atoms with Crippen LogP contribution >= 0.6 is 0 Å². The van der Waals surface area contributed by atoms with Gasteiger partial charge in [0.15, 0.2) is 11.5 Å². The minimum Gasteiger partial charge on any atom is -0.507 e. The molecular formula is C24H25NO6. The Hall–Kier alpha value is -3.87. The lowest BCUT2D eigenvalue weighted by molar-refractivity contribution is 0.0945. The van der Waals surface area contributed by atoms with Crippen molar-refractivity contribution in [1.82, 2.24) is 5.32 Å². The van der Waals surface area contributed by atoms with Crippen LogP contribution in [-0.4, -0.2) is 32.3 Å². The second-order valence-corrected chi connectivity index (χ2v) is 6.67. The average Bonchev–Trinajstić information content (AvgIpc) is 2.81. The van der Waals surface area contributed by atoms with E-state index in [0.29, 0.717) is 23.9 Å². The van der Waals surface area contributed by atoms with Gasteiger partial charge in [0.05, 0.1) is 21.3 Å². The second kappa shape index (κ2) is 10.2. The van der Waals surface area contributed by atoms with Crippen LogP contribution < -0.4 is 24.3 Å². The van der Waals surface area contributed by atoms with Crippen LogP contribution in [0.2, 0.25) is 0 Å². The van der Waals surface area contributed by atoms with Crippen molar-refractivity contribution in [3.8, 4) is 28.7 Å². The minimum atomic E-state index is -0.472. The van der Waals surface area contributed by atoms with E-state index in [4.69, 9.17) is 18.9 Å². The van der Waals surface area contributed by atoms with Crippen LogP contribution in [0.4, 0.5) is 0 Å². The zero-order chi connectivity index (χ0) is 22.2. The number of nitrogens with one attached hydrogen (secondary N) is 1. The lowest BCUT2D eigenvalue weighted by Crippen LogP contribution is -2.23. The van der Waals surface area contributed by atoms with E-state index in [2.05, 4.69) is 5.32 Å². The van der Waals surface area contributed by atoms with Gasteiger partial charge in [0.1, 0.15) is 29.4 Å². The highest BCUT2D eigenvalue weighted by Gasteiger charge is 2.19. The monoisotopic (exact) mass is 423 g/mol. The maximum Gasteiger partial charge on any atom is 0.259 e. The third-order valence-electron chi connectivity index (χ3n) is 4.66. The Morgan fingerprint density at radius 3 is 2.26 bits per heavy atom. The van der Waals surface area contributed by atoms with Crippen LogP contribution in [-0.2, 0) is 13.2 Å². The molecule has 3 aromatic rings. The molecule has 0 aromatic heterocycles. The molecule has 0 heterocycles. The van der Waals surface area contributed by atoms with E-state index >= 15 is 0 Å². The smallest absolute Gasteiger partial charge is 0.259 e. The molecule has 0 aliphatic heterocycles. The first-order valence-electron chi connectivity index (χ1n) is 9.62. The first-order valence-corrected chi connectivity index (χ1v) is 9.62. The molecule has 0 atom stereocenters. The largest absolute Gasteiger partial charge is 0.507 e. The Balaban J connectivity index is 1.68. The number of amides is 1. The van der Waals surface area contributed by atoms with Gasteiger partial charge in [0.2, 0.25) is 0 Å². The van der Waals surface area contributed by atoms with Crippen LogP contribution in [0.1, 0.15) is 21.5 Å². The van der Waals surface area contributed by atoms with Crippen molar-refractivity contribution in [3.63, 3.8) is 0 Å². The number of carbonyl (C=O) groups excluding carboxylic acids is 1. The standard InChI is InChI=1S/C24H25NO6/c1-28-18-12-19(26)23(22(13-18)30-3)24(27)25-14-17-9-10-20(21(11-17)29-2)31-15-16-7-5-4-6-8-16/h4-13,26H,14-15H2,1-3H3,(H,25,27). The molecule has 1 amide bonds. The molecule has 7 nitrogen and oxygen atoms in total. The number of rotatable bonds is 9. The summed E-state index contributed by atoms with van der Waals surface area (Å²) in [4.78, 5) is 12.7. The predicted molar refractivity (Wildman–Crippen MR) is 116 cm³/mol. The molecule has 2 N–H and O–H groups in total. The lowest BCUT2D eigenvalue weighted by atomic mass is 10.1. The Kier molecular flexibility index (Phi) is 7.22. The topological polar surface area (TPSA) is 86.3 Å². The summed E-state index contributed by atoms with van der Waals surface area (Å²) in [5, 5.41) is 13.0. The molecule has 0 aliphatic carbocycles. The molecule has 0 aliphatic rings. The normalized spacial score (nSPS) is 10.3. The number of methoxy groups -OCH3 is 3. The molecule has 0 fully saturated rings. The fraction of sp³-hybridized carbons (Fsp3) is 0.208. The van der Waals surface area contributed by atoms with Gasteiger partial charge in [-0.3, -0.25) is 4.79 Å². The second-order valence-electron chi connectivity index (χ2n) is 6.67. The van der Waals surface area contributed by atoms with Crippen molar-refractivity contribution in [3.05, 3.63) is 77.4 Å². The van der Waals surface area contributed by atoms with E-state index in [1.165, 1.54) is 26.4 Å². The summed E-state index contributed by atoms with van der Waals surface area (Å²) < 4.78 is 21.6. The number of hydrogen-bond acceptors (Lipinski definition) is 6. The van der Waals surface area contributed by atoms with E-state index in [0.717, 1.165) is 11.1 Å². The van der Waals surface area contributed by atoms with Crippen molar-refractivity contribution in [2.24, 2.45) is 0 Å². The van der Waals surface area contributed by atoms with E-state index < -0.39 is 5.91 Å². The number of ether oxygens (including phenoxy) is 4.